The summed E-state index contributed by atoms with van der Waals surface area (Å²) < 4.78 is 11.3. The first-order chi connectivity index (χ1) is 12.7. The summed E-state index contributed by atoms with van der Waals surface area (Å²) in [6.07, 6.45) is 0. The molecule has 1 aliphatic heterocycles. The third-order valence-corrected chi connectivity index (χ3v) is 4.69. The number of rotatable bonds is 7. The maximum Gasteiger partial charge on any atom is 0.176 e. The van der Waals surface area contributed by atoms with Gasteiger partial charge in [0.25, 0.3) is 0 Å². The van der Waals surface area contributed by atoms with Crippen LogP contribution in [0.15, 0.2) is 48.5 Å². The minimum Gasteiger partial charge on any atom is -0.493 e. The second kappa shape index (κ2) is 8.83. The van der Waals surface area contributed by atoms with Crippen LogP contribution in [0.1, 0.15) is 15.9 Å². The van der Waals surface area contributed by atoms with Crippen LogP contribution in [0.5, 0.6) is 11.5 Å². The smallest absolute Gasteiger partial charge is 0.176 e. The van der Waals surface area contributed by atoms with E-state index < -0.39 is 0 Å². The van der Waals surface area contributed by atoms with Crippen molar-refractivity contribution in [2.24, 2.45) is 0 Å². The van der Waals surface area contributed by atoms with Crippen LogP contribution in [0.2, 0.25) is 0 Å². The fourth-order valence-corrected chi connectivity index (χ4v) is 3.00. The molecule has 0 radical (unpaired) electrons. The lowest BCUT2D eigenvalue weighted by atomic mass is 10.1. The zero-order chi connectivity index (χ0) is 18.4. The molecule has 2 aromatic carbocycles. The van der Waals surface area contributed by atoms with Gasteiger partial charge in [0.15, 0.2) is 17.3 Å². The number of hydrogen-bond donors (Lipinski definition) is 0. The van der Waals surface area contributed by atoms with Crippen LogP contribution in [0, 0.1) is 0 Å². The highest BCUT2D eigenvalue weighted by Crippen LogP contribution is 2.29. The quantitative estimate of drug-likeness (QED) is 0.715. The maximum absolute atomic E-state index is 12.7. The van der Waals surface area contributed by atoms with Crippen LogP contribution in [0.25, 0.3) is 0 Å². The Morgan fingerprint density at radius 2 is 1.73 bits per heavy atom. The molecule has 3 rings (SSSR count). The van der Waals surface area contributed by atoms with Gasteiger partial charge in [0.2, 0.25) is 0 Å². The van der Waals surface area contributed by atoms with Gasteiger partial charge in [-0.25, -0.2) is 0 Å². The van der Waals surface area contributed by atoms with Crippen molar-refractivity contribution in [2.75, 3.05) is 46.9 Å². The van der Waals surface area contributed by atoms with Crippen LogP contribution in [-0.2, 0) is 6.61 Å². The fourth-order valence-electron chi connectivity index (χ4n) is 3.00. The lowest BCUT2D eigenvalue weighted by Gasteiger charge is -2.31. The fraction of sp³-hybridized carbons (Fsp3) is 0.381. The van der Waals surface area contributed by atoms with Crippen molar-refractivity contribution in [3.8, 4) is 11.5 Å². The molecule has 1 heterocycles. The van der Waals surface area contributed by atoms with E-state index in [1.807, 2.05) is 36.4 Å². The first kappa shape index (κ1) is 18.4. The third-order valence-electron chi connectivity index (χ3n) is 4.69. The number of benzene rings is 2. The van der Waals surface area contributed by atoms with Crippen molar-refractivity contribution in [3.63, 3.8) is 0 Å². The van der Waals surface area contributed by atoms with Gasteiger partial charge in [-0.05, 0) is 30.8 Å². The highest BCUT2D eigenvalue weighted by Gasteiger charge is 2.18. The first-order valence-electron chi connectivity index (χ1n) is 8.94. The molecule has 1 aliphatic rings. The Balaban J connectivity index is 1.66. The van der Waals surface area contributed by atoms with Gasteiger partial charge in [-0.15, -0.1) is 0 Å². The van der Waals surface area contributed by atoms with Gasteiger partial charge in [-0.2, -0.15) is 0 Å². The van der Waals surface area contributed by atoms with Crippen molar-refractivity contribution in [1.82, 2.24) is 9.80 Å². The number of ketones is 1. The van der Waals surface area contributed by atoms with Crippen LogP contribution >= 0.6 is 0 Å². The van der Waals surface area contributed by atoms with Crippen molar-refractivity contribution < 1.29 is 14.3 Å². The molecule has 0 spiro atoms. The second-order valence-corrected chi connectivity index (χ2v) is 6.64. The van der Waals surface area contributed by atoms with E-state index in [2.05, 4.69) is 16.8 Å². The Labute approximate surface area is 155 Å². The van der Waals surface area contributed by atoms with Gasteiger partial charge in [0.1, 0.15) is 6.61 Å². The molecule has 5 heteroatoms. The molecule has 0 amide bonds. The summed E-state index contributed by atoms with van der Waals surface area (Å²) in [5, 5.41) is 0. The minimum atomic E-state index is 0.113. The Kier molecular flexibility index (Phi) is 6.26. The van der Waals surface area contributed by atoms with Crippen LogP contribution in [0.3, 0.4) is 0 Å². The van der Waals surface area contributed by atoms with Crippen LogP contribution in [0.4, 0.5) is 0 Å². The molecule has 0 N–H and O–H groups in total. The lowest BCUT2D eigenvalue weighted by Crippen LogP contribution is -2.46. The minimum absolute atomic E-state index is 0.113. The molecule has 0 bridgehead atoms. The van der Waals surface area contributed by atoms with E-state index in [4.69, 9.17) is 9.47 Å². The van der Waals surface area contributed by atoms with Gasteiger partial charge >= 0.3 is 0 Å². The predicted molar refractivity (Wildman–Crippen MR) is 102 cm³/mol. The predicted octanol–water partition coefficient (Wildman–Crippen LogP) is 2.70. The Hall–Kier alpha value is -2.37. The number of nitrogens with zero attached hydrogens (tertiary/aromatic N) is 2. The highest BCUT2D eigenvalue weighted by atomic mass is 16.5. The van der Waals surface area contributed by atoms with E-state index in [1.165, 1.54) is 0 Å². The SMILES string of the molecule is COc1ccc(C(=O)CN2CCN(C)CC2)cc1OCc1ccccc1. The average Bonchev–Trinajstić information content (AvgIpc) is 2.68. The molecule has 1 saturated heterocycles. The maximum atomic E-state index is 12.7. The molecule has 0 unspecified atom stereocenters. The molecule has 1 fully saturated rings. The molecule has 5 nitrogen and oxygen atoms in total. The van der Waals surface area contributed by atoms with E-state index in [0.717, 1.165) is 31.7 Å². The number of hydrogen-bond acceptors (Lipinski definition) is 5. The topological polar surface area (TPSA) is 42.0 Å². The van der Waals surface area contributed by atoms with Crippen molar-refractivity contribution in [3.05, 3.63) is 59.7 Å². The monoisotopic (exact) mass is 354 g/mol. The van der Waals surface area contributed by atoms with Crippen molar-refractivity contribution in [1.29, 1.82) is 0 Å². The standard InChI is InChI=1S/C21H26N2O3/c1-22-10-12-23(13-11-22)15-19(24)18-8-9-20(25-2)21(14-18)26-16-17-6-4-3-5-7-17/h3-9,14H,10-13,15-16H2,1-2H3. The van der Waals surface area contributed by atoms with Gasteiger partial charge < -0.3 is 14.4 Å². The van der Waals surface area contributed by atoms with E-state index >= 15 is 0 Å². The summed E-state index contributed by atoms with van der Waals surface area (Å²) >= 11 is 0. The van der Waals surface area contributed by atoms with Gasteiger partial charge in [-0.3, -0.25) is 9.69 Å². The summed E-state index contributed by atoms with van der Waals surface area (Å²) in [4.78, 5) is 17.2. The summed E-state index contributed by atoms with van der Waals surface area (Å²) in [6.45, 7) is 4.74. The zero-order valence-corrected chi connectivity index (χ0v) is 15.5. The van der Waals surface area contributed by atoms with Crippen molar-refractivity contribution >= 4 is 5.78 Å². The normalized spacial score (nSPS) is 15.6. The molecule has 0 aliphatic carbocycles. The molecule has 2 aromatic rings. The molecule has 138 valence electrons. The van der Waals surface area contributed by atoms with Gasteiger partial charge in [0, 0.05) is 31.7 Å². The average molecular weight is 354 g/mol. The molecule has 0 saturated carbocycles. The van der Waals surface area contributed by atoms with Gasteiger partial charge in [-0.1, -0.05) is 30.3 Å². The van der Waals surface area contributed by atoms with E-state index in [1.54, 1.807) is 19.2 Å². The van der Waals surface area contributed by atoms with Crippen molar-refractivity contribution in [2.45, 2.75) is 6.61 Å². The first-order valence-corrected chi connectivity index (χ1v) is 8.94. The number of piperazine rings is 1. The number of likely N-dealkylation sites (N-methyl/N-ethyl adjacent to an activating group) is 1. The summed E-state index contributed by atoms with van der Waals surface area (Å²) in [5.74, 6) is 1.35. The van der Waals surface area contributed by atoms with Crippen LogP contribution < -0.4 is 9.47 Å². The molecule has 26 heavy (non-hydrogen) atoms. The van der Waals surface area contributed by atoms with Crippen LogP contribution in [-0.4, -0.2) is 62.5 Å². The number of methoxy groups -OCH3 is 1. The molecular weight excluding hydrogens is 328 g/mol. The number of Topliss-reactive ketones (excluding diaryl/α,β-unsaturated/α-hetero) is 1. The van der Waals surface area contributed by atoms with E-state index in [-0.39, 0.29) is 5.78 Å². The third kappa shape index (κ3) is 4.84. The van der Waals surface area contributed by atoms with Gasteiger partial charge in [0.05, 0.1) is 13.7 Å². The summed E-state index contributed by atoms with van der Waals surface area (Å²) in [7, 11) is 3.72. The second-order valence-electron chi connectivity index (χ2n) is 6.64. The zero-order valence-electron chi connectivity index (χ0n) is 15.5. The number of ether oxygens (including phenoxy) is 2. The van der Waals surface area contributed by atoms with E-state index in [9.17, 15) is 4.79 Å². The van der Waals surface area contributed by atoms with E-state index in [0.29, 0.717) is 30.2 Å². The molecule has 0 atom stereocenters. The Morgan fingerprint density at radius 3 is 2.42 bits per heavy atom. The largest absolute Gasteiger partial charge is 0.493 e. The summed E-state index contributed by atoms with van der Waals surface area (Å²) in [5.41, 5.74) is 1.73. The lowest BCUT2D eigenvalue weighted by molar-refractivity contribution is 0.0876. The highest BCUT2D eigenvalue weighted by molar-refractivity contribution is 5.98. The number of carbonyl (C=O) groups is 1. The molecule has 0 aromatic heterocycles. The molecular formula is C21H26N2O3. The Morgan fingerprint density at radius 1 is 1.00 bits per heavy atom. The number of carbonyl (C=O) groups excluding carboxylic acids is 1. The summed E-state index contributed by atoms with van der Waals surface area (Å²) in [6, 6.07) is 15.4. The Bertz CT molecular complexity index is 725.